The first-order valence-corrected chi connectivity index (χ1v) is 7.80. The van der Waals surface area contributed by atoms with Crippen molar-refractivity contribution in [2.75, 3.05) is 0 Å². The second-order valence-corrected chi connectivity index (χ2v) is 6.33. The van der Waals surface area contributed by atoms with E-state index in [2.05, 4.69) is 35.4 Å². The van der Waals surface area contributed by atoms with Crippen LogP contribution in [0.15, 0.2) is 30.3 Å². The average molecular weight is 289 g/mol. The molecule has 0 amide bonds. The number of aromatic nitrogens is 2. The van der Waals surface area contributed by atoms with Gasteiger partial charge in [0, 0.05) is 12.7 Å². The summed E-state index contributed by atoms with van der Waals surface area (Å²) < 4.78 is 2.00. The molecule has 3 heteroatoms. The standard InChI is InChI=1S/C17H21ClN2/c1-12-10-15(20(2)19-12)11-14-8-5-7-13-6-3-4-9-16(13)17(14)18/h3-4,6,9-10,14,17H,5,7-8,11H2,1-2H3. The smallest absolute Gasteiger partial charge is 0.0619 e. The number of hydrogen-bond acceptors (Lipinski definition) is 1. The highest BCUT2D eigenvalue weighted by molar-refractivity contribution is 6.21. The van der Waals surface area contributed by atoms with Crippen LogP contribution in [0.3, 0.4) is 0 Å². The molecular weight excluding hydrogens is 268 g/mol. The summed E-state index contributed by atoms with van der Waals surface area (Å²) in [6.45, 7) is 2.05. The Balaban J connectivity index is 1.86. The van der Waals surface area contributed by atoms with Crippen molar-refractivity contribution in [3.63, 3.8) is 0 Å². The van der Waals surface area contributed by atoms with Crippen LogP contribution in [0.5, 0.6) is 0 Å². The van der Waals surface area contributed by atoms with E-state index < -0.39 is 0 Å². The van der Waals surface area contributed by atoms with Crippen molar-refractivity contribution in [2.24, 2.45) is 13.0 Å². The Bertz CT molecular complexity index is 603. The molecule has 0 saturated carbocycles. The van der Waals surface area contributed by atoms with Crippen molar-refractivity contribution < 1.29 is 0 Å². The molecule has 2 unspecified atom stereocenters. The number of hydrogen-bond donors (Lipinski definition) is 0. The normalized spacial score (nSPS) is 22.4. The van der Waals surface area contributed by atoms with Crippen molar-refractivity contribution in [2.45, 2.75) is 38.0 Å². The van der Waals surface area contributed by atoms with E-state index in [1.807, 2.05) is 18.7 Å². The van der Waals surface area contributed by atoms with E-state index in [0.717, 1.165) is 18.5 Å². The minimum Gasteiger partial charge on any atom is -0.272 e. The van der Waals surface area contributed by atoms with E-state index >= 15 is 0 Å². The minimum atomic E-state index is 0.115. The molecule has 0 saturated heterocycles. The van der Waals surface area contributed by atoms with Crippen molar-refractivity contribution in [1.82, 2.24) is 9.78 Å². The summed E-state index contributed by atoms with van der Waals surface area (Å²) in [6.07, 6.45) is 4.58. The molecule has 106 valence electrons. The van der Waals surface area contributed by atoms with Gasteiger partial charge in [0.2, 0.25) is 0 Å². The summed E-state index contributed by atoms with van der Waals surface area (Å²) >= 11 is 6.80. The van der Waals surface area contributed by atoms with Crippen molar-refractivity contribution in [1.29, 1.82) is 0 Å². The SMILES string of the molecule is Cc1cc(CC2CCCc3ccccc3C2Cl)n(C)n1. The van der Waals surface area contributed by atoms with Crippen LogP contribution in [0.1, 0.15) is 40.7 Å². The van der Waals surface area contributed by atoms with E-state index in [9.17, 15) is 0 Å². The third kappa shape index (κ3) is 2.62. The highest BCUT2D eigenvalue weighted by Gasteiger charge is 2.26. The second kappa shape index (κ2) is 5.61. The molecule has 1 aliphatic carbocycles. The zero-order valence-electron chi connectivity index (χ0n) is 12.1. The van der Waals surface area contributed by atoms with E-state index in [1.54, 1.807) is 0 Å². The summed E-state index contributed by atoms with van der Waals surface area (Å²) in [6, 6.07) is 10.8. The summed E-state index contributed by atoms with van der Waals surface area (Å²) in [7, 11) is 2.02. The van der Waals surface area contributed by atoms with Crippen molar-refractivity contribution >= 4 is 11.6 Å². The van der Waals surface area contributed by atoms with E-state index in [4.69, 9.17) is 11.6 Å². The fourth-order valence-electron chi connectivity index (χ4n) is 3.32. The van der Waals surface area contributed by atoms with E-state index in [-0.39, 0.29) is 5.38 Å². The molecular formula is C17H21ClN2. The summed E-state index contributed by atoms with van der Waals surface area (Å²) in [5, 5.41) is 4.56. The van der Waals surface area contributed by atoms with Gasteiger partial charge in [0.15, 0.2) is 0 Å². The van der Waals surface area contributed by atoms with Gasteiger partial charge in [0.25, 0.3) is 0 Å². The molecule has 0 radical (unpaired) electrons. The molecule has 1 heterocycles. The quantitative estimate of drug-likeness (QED) is 0.598. The zero-order valence-corrected chi connectivity index (χ0v) is 12.9. The summed E-state index contributed by atoms with van der Waals surface area (Å²) in [4.78, 5) is 0. The average Bonchev–Trinajstić information content (AvgIpc) is 2.66. The Morgan fingerprint density at radius 2 is 2.15 bits per heavy atom. The number of alkyl halides is 1. The molecule has 2 aromatic rings. The molecule has 0 spiro atoms. The summed E-state index contributed by atoms with van der Waals surface area (Å²) in [5.74, 6) is 0.495. The van der Waals surface area contributed by atoms with Gasteiger partial charge in [0.05, 0.1) is 11.1 Å². The van der Waals surface area contributed by atoms with Gasteiger partial charge in [0.1, 0.15) is 0 Å². The van der Waals surface area contributed by atoms with Crippen LogP contribution < -0.4 is 0 Å². The number of rotatable bonds is 2. The van der Waals surface area contributed by atoms with Gasteiger partial charge >= 0.3 is 0 Å². The Morgan fingerprint density at radius 1 is 1.35 bits per heavy atom. The predicted molar refractivity (Wildman–Crippen MR) is 83.1 cm³/mol. The molecule has 0 fully saturated rings. The Morgan fingerprint density at radius 3 is 2.90 bits per heavy atom. The number of fused-ring (bicyclic) bond motifs is 1. The Hall–Kier alpha value is -1.28. The fraction of sp³-hybridized carbons (Fsp3) is 0.471. The highest BCUT2D eigenvalue weighted by atomic mass is 35.5. The lowest BCUT2D eigenvalue weighted by Crippen LogP contribution is -2.13. The van der Waals surface area contributed by atoms with Crippen LogP contribution in [-0.2, 0) is 19.9 Å². The maximum Gasteiger partial charge on any atom is 0.0619 e. The molecule has 0 N–H and O–H groups in total. The van der Waals surface area contributed by atoms with Crippen LogP contribution in [0.2, 0.25) is 0 Å². The molecule has 2 nitrogen and oxygen atoms in total. The van der Waals surface area contributed by atoms with Crippen molar-refractivity contribution in [3.05, 3.63) is 52.8 Å². The van der Waals surface area contributed by atoms with Gasteiger partial charge in [-0.05, 0) is 55.7 Å². The van der Waals surface area contributed by atoms with Gasteiger partial charge in [-0.3, -0.25) is 4.68 Å². The first-order chi connectivity index (χ1) is 9.65. The van der Waals surface area contributed by atoms with Crippen molar-refractivity contribution in [3.8, 4) is 0 Å². The van der Waals surface area contributed by atoms with Crippen LogP contribution in [0.25, 0.3) is 0 Å². The number of halogens is 1. The molecule has 3 rings (SSSR count). The first-order valence-electron chi connectivity index (χ1n) is 7.36. The lowest BCUT2D eigenvalue weighted by molar-refractivity contribution is 0.451. The Labute approximate surface area is 125 Å². The maximum absolute atomic E-state index is 6.80. The highest BCUT2D eigenvalue weighted by Crippen LogP contribution is 2.39. The van der Waals surface area contributed by atoms with Crippen LogP contribution in [0.4, 0.5) is 0 Å². The predicted octanol–water partition coefficient (Wildman–Crippen LogP) is 4.20. The van der Waals surface area contributed by atoms with Gasteiger partial charge in [-0.25, -0.2) is 0 Å². The molecule has 0 aliphatic heterocycles. The molecule has 1 aromatic carbocycles. The molecule has 0 bridgehead atoms. The van der Waals surface area contributed by atoms with E-state index in [0.29, 0.717) is 5.92 Å². The van der Waals surface area contributed by atoms with Crippen LogP contribution in [0, 0.1) is 12.8 Å². The largest absolute Gasteiger partial charge is 0.272 e. The molecule has 1 aliphatic rings. The topological polar surface area (TPSA) is 17.8 Å². The lowest BCUT2D eigenvalue weighted by atomic mass is 9.92. The number of benzene rings is 1. The number of aryl methyl sites for hydroxylation is 3. The third-order valence-electron chi connectivity index (χ3n) is 4.36. The van der Waals surface area contributed by atoms with Gasteiger partial charge in [-0.15, -0.1) is 11.6 Å². The van der Waals surface area contributed by atoms with Gasteiger partial charge in [-0.1, -0.05) is 24.3 Å². The minimum absolute atomic E-state index is 0.115. The maximum atomic E-state index is 6.80. The molecule has 20 heavy (non-hydrogen) atoms. The number of nitrogens with zero attached hydrogens (tertiary/aromatic N) is 2. The fourth-order valence-corrected chi connectivity index (χ4v) is 3.74. The van der Waals surface area contributed by atoms with Gasteiger partial charge in [-0.2, -0.15) is 5.10 Å². The lowest BCUT2D eigenvalue weighted by Gasteiger charge is -2.21. The molecule has 2 atom stereocenters. The zero-order chi connectivity index (χ0) is 14.1. The van der Waals surface area contributed by atoms with Crippen LogP contribution >= 0.6 is 11.6 Å². The third-order valence-corrected chi connectivity index (χ3v) is 4.95. The monoisotopic (exact) mass is 288 g/mol. The van der Waals surface area contributed by atoms with E-state index in [1.165, 1.54) is 29.7 Å². The molecule has 1 aromatic heterocycles. The summed E-state index contributed by atoms with van der Waals surface area (Å²) in [5.41, 5.74) is 5.13. The van der Waals surface area contributed by atoms with Gasteiger partial charge < -0.3 is 0 Å². The Kier molecular flexibility index (Phi) is 3.84. The first kappa shape index (κ1) is 13.7. The second-order valence-electron chi connectivity index (χ2n) is 5.86. The van der Waals surface area contributed by atoms with Crippen LogP contribution in [-0.4, -0.2) is 9.78 Å².